The molecule has 0 spiro atoms. The van der Waals surface area contributed by atoms with Gasteiger partial charge in [0.1, 0.15) is 6.10 Å². The van der Waals surface area contributed by atoms with Gasteiger partial charge in [-0.1, -0.05) is 239 Å². The van der Waals surface area contributed by atoms with E-state index < -0.39 is 13.9 Å². The summed E-state index contributed by atoms with van der Waals surface area (Å²) in [5.41, 5.74) is 5.38. The third kappa shape index (κ3) is 44.6. The number of carbonyl (C=O) groups excluding carboxylic acids is 1. The molecule has 9 heteroatoms. The number of phosphoric acid groups is 1. The first-order chi connectivity index (χ1) is 27.4. The number of hydrogen-bond acceptors (Lipinski definition) is 7. The molecule has 0 aliphatic rings. The number of rotatable bonds is 48. The van der Waals surface area contributed by atoms with Crippen LogP contribution in [0.25, 0.3) is 0 Å². The zero-order chi connectivity index (χ0) is 40.9. The van der Waals surface area contributed by atoms with Crippen molar-refractivity contribution in [3.8, 4) is 0 Å². The van der Waals surface area contributed by atoms with Crippen LogP contribution in [0.4, 0.5) is 0 Å². The molecule has 0 rings (SSSR count). The third-order valence-electron chi connectivity index (χ3n) is 11.0. The molecule has 0 fully saturated rings. The first-order valence-corrected chi connectivity index (χ1v) is 26.0. The Hall–Kier alpha value is -0.500. The lowest BCUT2D eigenvalue weighted by Gasteiger charge is -2.20. The molecule has 336 valence electrons. The van der Waals surface area contributed by atoms with E-state index in [0.717, 1.165) is 32.1 Å². The molecule has 2 unspecified atom stereocenters. The second kappa shape index (κ2) is 45.6. The van der Waals surface area contributed by atoms with Gasteiger partial charge in [0.05, 0.1) is 19.8 Å². The molecule has 0 saturated heterocycles. The molecular formula is C47H96NO7P. The van der Waals surface area contributed by atoms with Crippen LogP contribution in [-0.2, 0) is 27.9 Å². The van der Waals surface area contributed by atoms with Crippen molar-refractivity contribution in [2.45, 2.75) is 264 Å². The van der Waals surface area contributed by atoms with Crippen molar-refractivity contribution >= 4 is 13.8 Å². The molecule has 0 aromatic carbocycles. The lowest BCUT2D eigenvalue weighted by atomic mass is 10.0. The Morgan fingerprint density at radius 2 is 0.786 bits per heavy atom. The summed E-state index contributed by atoms with van der Waals surface area (Å²) in [6.07, 6.45) is 48.4. The van der Waals surface area contributed by atoms with Gasteiger partial charge in [-0.05, 0) is 12.8 Å². The van der Waals surface area contributed by atoms with E-state index in [1.54, 1.807) is 0 Å². The SMILES string of the molecule is CCCCCCCCCCCCCCCCCCCCCCCC(=O)OC(COCCCCCCCCCCCCCCCCCC)COP(=O)(O)OCCN. The van der Waals surface area contributed by atoms with Gasteiger partial charge in [-0.3, -0.25) is 13.8 Å². The van der Waals surface area contributed by atoms with Crippen molar-refractivity contribution in [1.82, 2.24) is 0 Å². The van der Waals surface area contributed by atoms with E-state index in [0.29, 0.717) is 13.0 Å². The van der Waals surface area contributed by atoms with Crippen LogP contribution in [0.2, 0.25) is 0 Å². The topological polar surface area (TPSA) is 117 Å². The van der Waals surface area contributed by atoms with E-state index >= 15 is 0 Å². The zero-order valence-electron chi connectivity index (χ0n) is 37.4. The van der Waals surface area contributed by atoms with Gasteiger partial charge in [0.25, 0.3) is 0 Å². The molecule has 8 nitrogen and oxygen atoms in total. The van der Waals surface area contributed by atoms with E-state index in [1.165, 1.54) is 205 Å². The lowest BCUT2D eigenvalue weighted by Crippen LogP contribution is -2.28. The highest BCUT2D eigenvalue weighted by molar-refractivity contribution is 7.47. The highest BCUT2D eigenvalue weighted by atomic mass is 31.2. The molecule has 0 amide bonds. The molecular weight excluding hydrogens is 721 g/mol. The number of phosphoric ester groups is 1. The Labute approximate surface area is 348 Å². The summed E-state index contributed by atoms with van der Waals surface area (Å²) in [5.74, 6) is -0.321. The van der Waals surface area contributed by atoms with Crippen LogP contribution in [0.15, 0.2) is 0 Å². The van der Waals surface area contributed by atoms with Gasteiger partial charge < -0.3 is 20.1 Å². The third-order valence-corrected chi connectivity index (χ3v) is 12.0. The van der Waals surface area contributed by atoms with E-state index in [1.807, 2.05) is 0 Å². The Bertz CT molecular complexity index is 832. The summed E-state index contributed by atoms with van der Waals surface area (Å²) in [4.78, 5) is 22.5. The fraction of sp³-hybridized carbons (Fsp3) is 0.979. The molecule has 0 saturated carbocycles. The van der Waals surface area contributed by atoms with Crippen molar-refractivity contribution in [2.75, 3.05) is 33.0 Å². The smallest absolute Gasteiger partial charge is 0.457 e. The molecule has 0 aromatic rings. The Morgan fingerprint density at radius 3 is 1.12 bits per heavy atom. The predicted octanol–water partition coefficient (Wildman–Crippen LogP) is 14.9. The fourth-order valence-corrected chi connectivity index (χ4v) is 8.18. The summed E-state index contributed by atoms with van der Waals surface area (Å²) >= 11 is 0. The van der Waals surface area contributed by atoms with Gasteiger partial charge in [0.2, 0.25) is 0 Å². The molecule has 0 aliphatic heterocycles. The summed E-state index contributed by atoms with van der Waals surface area (Å²) < 4.78 is 33.5. The van der Waals surface area contributed by atoms with Crippen molar-refractivity contribution in [3.63, 3.8) is 0 Å². The quantitative estimate of drug-likeness (QED) is 0.0354. The molecule has 2 atom stereocenters. The average Bonchev–Trinajstić information content (AvgIpc) is 3.19. The van der Waals surface area contributed by atoms with Gasteiger partial charge in [0, 0.05) is 19.6 Å². The van der Waals surface area contributed by atoms with Crippen molar-refractivity contribution < 1.29 is 32.8 Å². The highest BCUT2D eigenvalue weighted by Gasteiger charge is 2.25. The molecule has 0 radical (unpaired) electrons. The summed E-state index contributed by atoms with van der Waals surface area (Å²) in [5, 5.41) is 0. The fourth-order valence-electron chi connectivity index (χ4n) is 7.41. The van der Waals surface area contributed by atoms with E-state index in [9.17, 15) is 14.3 Å². The van der Waals surface area contributed by atoms with E-state index in [4.69, 9.17) is 24.3 Å². The van der Waals surface area contributed by atoms with Crippen LogP contribution in [-0.4, -0.2) is 49.9 Å². The normalized spacial score (nSPS) is 13.3. The maximum Gasteiger partial charge on any atom is 0.472 e. The largest absolute Gasteiger partial charge is 0.472 e. The van der Waals surface area contributed by atoms with Crippen LogP contribution in [0.1, 0.15) is 258 Å². The summed E-state index contributed by atoms with van der Waals surface area (Å²) in [7, 11) is -4.27. The minimum Gasteiger partial charge on any atom is -0.457 e. The molecule has 0 aliphatic carbocycles. The van der Waals surface area contributed by atoms with Crippen LogP contribution >= 0.6 is 7.82 Å². The Balaban J connectivity index is 3.89. The van der Waals surface area contributed by atoms with Crippen LogP contribution in [0.3, 0.4) is 0 Å². The minimum absolute atomic E-state index is 0.0898. The van der Waals surface area contributed by atoms with Gasteiger partial charge in [-0.15, -0.1) is 0 Å². The standard InChI is InChI=1S/C47H96NO7P/c1-3-5-7-9-11-13-15-17-19-21-22-23-24-25-26-28-30-32-34-36-38-40-47(49)55-46(45-54-56(50,51)53-43-41-48)44-52-42-39-37-35-33-31-29-27-20-18-16-14-12-10-8-6-4-2/h46H,3-45,48H2,1-2H3,(H,50,51). The molecule has 56 heavy (non-hydrogen) atoms. The number of carbonyl (C=O) groups is 1. The van der Waals surface area contributed by atoms with Crippen LogP contribution in [0.5, 0.6) is 0 Å². The van der Waals surface area contributed by atoms with Crippen molar-refractivity contribution in [2.24, 2.45) is 5.73 Å². The first-order valence-electron chi connectivity index (χ1n) is 24.5. The molecule has 0 heterocycles. The monoisotopic (exact) mass is 818 g/mol. The Morgan fingerprint density at radius 1 is 0.464 bits per heavy atom. The van der Waals surface area contributed by atoms with Gasteiger partial charge in [0.15, 0.2) is 0 Å². The second-order valence-electron chi connectivity index (χ2n) is 16.7. The van der Waals surface area contributed by atoms with Crippen LogP contribution in [0, 0.1) is 0 Å². The van der Waals surface area contributed by atoms with Gasteiger partial charge in [-0.25, -0.2) is 4.57 Å². The summed E-state index contributed by atoms with van der Waals surface area (Å²) in [6.45, 7) is 5.00. The number of nitrogens with two attached hydrogens (primary N) is 1. The van der Waals surface area contributed by atoms with Crippen molar-refractivity contribution in [3.05, 3.63) is 0 Å². The number of hydrogen-bond donors (Lipinski definition) is 2. The van der Waals surface area contributed by atoms with E-state index in [-0.39, 0.29) is 32.3 Å². The second-order valence-corrected chi connectivity index (χ2v) is 18.2. The highest BCUT2D eigenvalue weighted by Crippen LogP contribution is 2.43. The minimum atomic E-state index is -4.27. The van der Waals surface area contributed by atoms with Crippen molar-refractivity contribution in [1.29, 1.82) is 0 Å². The lowest BCUT2D eigenvalue weighted by molar-refractivity contribution is -0.154. The average molecular weight is 818 g/mol. The molecule has 0 aromatic heterocycles. The van der Waals surface area contributed by atoms with Gasteiger partial charge >= 0.3 is 13.8 Å². The zero-order valence-corrected chi connectivity index (χ0v) is 38.3. The number of esters is 1. The maximum absolute atomic E-state index is 12.6. The molecule has 3 N–H and O–H groups in total. The predicted molar refractivity (Wildman–Crippen MR) is 238 cm³/mol. The number of ether oxygens (including phenoxy) is 2. The van der Waals surface area contributed by atoms with Gasteiger partial charge in [-0.2, -0.15) is 0 Å². The first kappa shape index (κ1) is 55.5. The molecule has 0 bridgehead atoms. The maximum atomic E-state index is 12.6. The Kier molecular flexibility index (Phi) is 45.2. The van der Waals surface area contributed by atoms with Crippen LogP contribution < -0.4 is 5.73 Å². The summed E-state index contributed by atoms with van der Waals surface area (Å²) in [6, 6.07) is 0. The van der Waals surface area contributed by atoms with E-state index in [2.05, 4.69) is 13.8 Å². The number of unbranched alkanes of at least 4 members (excludes halogenated alkanes) is 35.